The summed E-state index contributed by atoms with van der Waals surface area (Å²) in [5.41, 5.74) is 0.308. The molecule has 0 N–H and O–H groups in total. The van der Waals surface area contributed by atoms with Crippen LogP contribution >= 0.6 is 11.6 Å². The summed E-state index contributed by atoms with van der Waals surface area (Å²) in [7, 11) is 0. The van der Waals surface area contributed by atoms with Crippen LogP contribution in [0.4, 0.5) is 11.9 Å². The number of piperidine rings is 2. The summed E-state index contributed by atoms with van der Waals surface area (Å²) in [6, 6.07) is 0. The van der Waals surface area contributed by atoms with Crippen LogP contribution in [0.3, 0.4) is 0 Å². The van der Waals surface area contributed by atoms with Crippen LogP contribution in [0.2, 0.25) is 5.28 Å². The smallest absolute Gasteiger partial charge is 0.231 e. The van der Waals surface area contributed by atoms with Crippen molar-refractivity contribution in [3.8, 4) is 0 Å². The van der Waals surface area contributed by atoms with Crippen molar-refractivity contribution in [2.45, 2.75) is 46.0 Å². The Morgan fingerprint density at radius 1 is 0.857 bits per heavy atom. The fourth-order valence-corrected chi connectivity index (χ4v) is 3.45. The number of aromatic nitrogens is 3. The summed E-state index contributed by atoms with van der Waals surface area (Å²) >= 11 is 6.14. The van der Waals surface area contributed by atoms with E-state index in [0.717, 1.165) is 38.1 Å². The van der Waals surface area contributed by atoms with Crippen molar-refractivity contribution < 1.29 is 0 Å². The molecule has 2 saturated heterocycles. The van der Waals surface area contributed by atoms with Gasteiger partial charge in [0, 0.05) is 26.2 Å². The van der Waals surface area contributed by atoms with Crippen molar-refractivity contribution in [1.82, 2.24) is 15.0 Å². The minimum atomic E-state index is 0.308. The van der Waals surface area contributed by atoms with Gasteiger partial charge in [0.2, 0.25) is 17.2 Å². The Kier molecular flexibility index (Phi) is 4.20. The highest BCUT2D eigenvalue weighted by Gasteiger charge is 2.28. The summed E-state index contributed by atoms with van der Waals surface area (Å²) in [6.07, 6.45) is 6.13. The molecule has 0 spiro atoms. The van der Waals surface area contributed by atoms with E-state index in [0.29, 0.717) is 10.7 Å². The molecule has 0 amide bonds. The maximum atomic E-state index is 6.14. The number of rotatable bonds is 2. The molecule has 2 fully saturated rings. The molecule has 5 nitrogen and oxygen atoms in total. The minimum absolute atomic E-state index is 0.308. The van der Waals surface area contributed by atoms with Gasteiger partial charge in [-0.05, 0) is 49.1 Å². The molecular formula is C15H24ClN5. The van der Waals surface area contributed by atoms with E-state index in [4.69, 9.17) is 16.6 Å². The zero-order valence-corrected chi connectivity index (χ0v) is 13.7. The Bertz CT molecular complexity index is 499. The van der Waals surface area contributed by atoms with Gasteiger partial charge in [-0.1, -0.05) is 13.8 Å². The molecule has 1 aromatic rings. The van der Waals surface area contributed by atoms with Crippen molar-refractivity contribution in [2.24, 2.45) is 5.41 Å². The number of halogens is 1. The predicted octanol–water partition coefficient (Wildman–Crippen LogP) is 3.14. The van der Waals surface area contributed by atoms with E-state index in [9.17, 15) is 0 Å². The Hall–Kier alpha value is -1.10. The van der Waals surface area contributed by atoms with E-state index in [1.165, 1.54) is 32.1 Å². The molecule has 6 heteroatoms. The van der Waals surface area contributed by atoms with Gasteiger partial charge in [0.15, 0.2) is 0 Å². The van der Waals surface area contributed by atoms with Gasteiger partial charge < -0.3 is 9.80 Å². The second-order valence-corrected chi connectivity index (χ2v) is 7.28. The molecule has 0 radical (unpaired) electrons. The number of anilines is 2. The molecule has 21 heavy (non-hydrogen) atoms. The Morgan fingerprint density at radius 2 is 1.48 bits per heavy atom. The van der Waals surface area contributed by atoms with Gasteiger partial charge in [-0.3, -0.25) is 0 Å². The topological polar surface area (TPSA) is 45.2 Å². The monoisotopic (exact) mass is 309 g/mol. The molecule has 0 aliphatic carbocycles. The average molecular weight is 310 g/mol. The highest BCUT2D eigenvalue weighted by Crippen LogP contribution is 2.31. The standard InChI is InChI=1S/C15H24ClN5/c1-15(2)7-6-10-21(11-15)14-18-12(16)17-13(19-14)20-8-4-3-5-9-20/h3-11H2,1-2H3. The van der Waals surface area contributed by atoms with Crippen LogP contribution in [0.5, 0.6) is 0 Å². The zero-order chi connectivity index (χ0) is 14.9. The lowest BCUT2D eigenvalue weighted by Crippen LogP contribution is -2.41. The van der Waals surface area contributed by atoms with Gasteiger partial charge in [0.25, 0.3) is 0 Å². The van der Waals surface area contributed by atoms with E-state index in [-0.39, 0.29) is 0 Å². The van der Waals surface area contributed by atoms with Crippen molar-refractivity contribution in [2.75, 3.05) is 36.0 Å². The van der Waals surface area contributed by atoms with Gasteiger partial charge >= 0.3 is 0 Å². The largest absolute Gasteiger partial charge is 0.341 e. The Labute approximate surface area is 131 Å². The molecule has 0 bridgehead atoms. The first kappa shape index (κ1) is 14.8. The predicted molar refractivity (Wildman–Crippen MR) is 86.1 cm³/mol. The quantitative estimate of drug-likeness (QED) is 0.840. The van der Waals surface area contributed by atoms with Gasteiger partial charge in [0.05, 0.1) is 0 Å². The van der Waals surface area contributed by atoms with E-state index in [2.05, 4.69) is 33.6 Å². The first-order valence-corrected chi connectivity index (χ1v) is 8.33. The van der Waals surface area contributed by atoms with Crippen molar-refractivity contribution in [1.29, 1.82) is 0 Å². The summed E-state index contributed by atoms with van der Waals surface area (Å²) in [4.78, 5) is 17.9. The normalized spacial score (nSPS) is 22.4. The van der Waals surface area contributed by atoms with Crippen LogP contribution in [-0.2, 0) is 0 Å². The van der Waals surface area contributed by atoms with Crippen LogP contribution in [0, 0.1) is 5.41 Å². The van der Waals surface area contributed by atoms with Crippen molar-refractivity contribution >= 4 is 23.5 Å². The second kappa shape index (κ2) is 5.95. The lowest BCUT2D eigenvalue weighted by atomic mass is 9.84. The molecule has 116 valence electrons. The van der Waals surface area contributed by atoms with E-state index < -0.39 is 0 Å². The Morgan fingerprint density at radius 3 is 2.14 bits per heavy atom. The fourth-order valence-electron chi connectivity index (χ4n) is 3.30. The molecule has 2 aliphatic rings. The van der Waals surface area contributed by atoms with Crippen LogP contribution < -0.4 is 9.80 Å². The highest BCUT2D eigenvalue weighted by molar-refractivity contribution is 6.28. The summed E-state index contributed by atoms with van der Waals surface area (Å²) in [5.74, 6) is 1.48. The van der Waals surface area contributed by atoms with Crippen LogP contribution in [-0.4, -0.2) is 41.1 Å². The molecule has 3 heterocycles. The van der Waals surface area contributed by atoms with Crippen LogP contribution in [0.15, 0.2) is 0 Å². The fraction of sp³-hybridized carbons (Fsp3) is 0.800. The van der Waals surface area contributed by atoms with Gasteiger partial charge in [-0.25, -0.2) is 0 Å². The Balaban J connectivity index is 1.83. The summed E-state index contributed by atoms with van der Waals surface area (Å²) < 4.78 is 0. The van der Waals surface area contributed by atoms with Gasteiger partial charge in [0.1, 0.15) is 0 Å². The number of hydrogen-bond donors (Lipinski definition) is 0. The maximum Gasteiger partial charge on any atom is 0.231 e. The third kappa shape index (κ3) is 3.57. The maximum absolute atomic E-state index is 6.14. The molecule has 2 aliphatic heterocycles. The average Bonchev–Trinajstić information content (AvgIpc) is 2.46. The van der Waals surface area contributed by atoms with E-state index >= 15 is 0 Å². The molecule has 1 aromatic heterocycles. The molecule has 0 saturated carbocycles. The van der Waals surface area contributed by atoms with Crippen LogP contribution in [0.1, 0.15) is 46.0 Å². The third-order valence-electron chi connectivity index (χ3n) is 4.41. The van der Waals surface area contributed by atoms with E-state index in [1.54, 1.807) is 0 Å². The molecule has 0 unspecified atom stereocenters. The molecule has 0 atom stereocenters. The van der Waals surface area contributed by atoms with Crippen LogP contribution in [0.25, 0.3) is 0 Å². The minimum Gasteiger partial charge on any atom is -0.341 e. The molecule has 3 rings (SSSR count). The SMILES string of the molecule is CC1(C)CCCN(c2nc(Cl)nc(N3CCCCC3)n2)C1. The van der Waals surface area contributed by atoms with Gasteiger partial charge in [-0.15, -0.1) is 0 Å². The number of nitrogens with zero attached hydrogens (tertiary/aromatic N) is 5. The highest BCUT2D eigenvalue weighted by atomic mass is 35.5. The third-order valence-corrected chi connectivity index (χ3v) is 4.58. The van der Waals surface area contributed by atoms with Gasteiger partial charge in [-0.2, -0.15) is 15.0 Å². The first-order chi connectivity index (χ1) is 10.0. The molecule has 0 aromatic carbocycles. The number of hydrogen-bond acceptors (Lipinski definition) is 5. The molecular weight excluding hydrogens is 286 g/mol. The summed E-state index contributed by atoms with van der Waals surface area (Å²) in [6.45, 7) is 8.62. The lowest BCUT2D eigenvalue weighted by Gasteiger charge is -2.38. The summed E-state index contributed by atoms with van der Waals surface area (Å²) in [5, 5.41) is 0.309. The second-order valence-electron chi connectivity index (χ2n) is 6.94. The van der Waals surface area contributed by atoms with Crippen molar-refractivity contribution in [3.63, 3.8) is 0 Å². The first-order valence-electron chi connectivity index (χ1n) is 7.95. The lowest BCUT2D eigenvalue weighted by molar-refractivity contribution is 0.291. The zero-order valence-electron chi connectivity index (χ0n) is 13.0. The van der Waals surface area contributed by atoms with E-state index in [1.807, 2.05) is 0 Å². The van der Waals surface area contributed by atoms with Crippen molar-refractivity contribution in [3.05, 3.63) is 5.28 Å².